The van der Waals surface area contributed by atoms with Crippen molar-refractivity contribution in [3.8, 4) is 0 Å². The molecule has 2 N–H and O–H groups in total. The topological polar surface area (TPSA) is 55.0 Å². The van der Waals surface area contributed by atoms with E-state index in [9.17, 15) is 0 Å². The van der Waals surface area contributed by atoms with Gasteiger partial charge in [-0.15, -0.1) is 0 Å². The van der Waals surface area contributed by atoms with Crippen molar-refractivity contribution in [2.75, 3.05) is 17.2 Å². The first kappa shape index (κ1) is 15.1. The number of nitrogens with two attached hydrogens (primary N) is 1. The largest absolute Gasteiger partial charge is 0.383 e. The second-order valence-corrected chi connectivity index (χ2v) is 6.64. The highest BCUT2D eigenvalue weighted by Gasteiger charge is 2.27. The summed E-state index contributed by atoms with van der Waals surface area (Å²) in [6.07, 6.45) is 6.81. The van der Waals surface area contributed by atoms with Crippen molar-refractivity contribution >= 4 is 11.6 Å². The first-order valence-electron chi connectivity index (χ1n) is 7.87. The van der Waals surface area contributed by atoms with Crippen molar-refractivity contribution in [1.29, 1.82) is 0 Å². The Morgan fingerprint density at radius 3 is 2.40 bits per heavy atom. The van der Waals surface area contributed by atoms with Gasteiger partial charge in [-0.25, -0.2) is 9.97 Å². The zero-order valence-electron chi connectivity index (χ0n) is 13.3. The van der Waals surface area contributed by atoms with Crippen LogP contribution in [0.2, 0.25) is 0 Å². The highest BCUT2D eigenvalue weighted by Crippen LogP contribution is 2.34. The second-order valence-electron chi connectivity index (χ2n) is 6.64. The maximum atomic E-state index is 6.11. The van der Waals surface area contributed by atoms with Crippen molar-refractivity contribution in [3.63, 3.8) is 0 Å². The molecule has 0 atom stereocenters. The van der Waals surface area contributed by atoms with E-state index in [1.807, 2.05) is 0 Å². The van der Waals surface area contributed by atoms with Gasteiger partial charge in [0.15, 0.2) is 0 Å². The van der Waals surface area contributed by atoms with Crippen LogP contribution in [0.4, 0.5) is 11.6 Å². The van der Waals surface area contributed by atoms with Crippen LogP contribution in [0.5, 0.6) is 0 Å². The monoisotopic (exact) mass is 276 g/mol. The molecule has 0 aromatic carbocycles. The van der Waals surface area contributed by atoms with Crippen molar-refractivity contribution in [2.45, 2.75) is 65.3 Å². The van der Waals surface area contributed by atoms with Gasteiger partial charge in [0.05, 0.1) is 0 Å². The summed E-state index contributed by atoms with van der Waals surface area (Å²) in [5.74, 6) is 2.67. The van der Waals surface area contributed by atoms with E-state index in [2.05, 4.69) is 42.6 Å². The Hall–Kier alpha value is -1.32. The van der Waals surface area contributed by atoms with Gasteiger partial charge in [-0.2, -0.15) is 0 Å². The van der Waals surface area contributed by atoms with Gasteiger partial charge in [-0.3, -0.25) is 0 Å². The van der Waals surface area contributed by atoms with Gasteiger partial charge in [0.2, 0.25) is 0 Å². The van der Waals surface area contributed by atoms with Crippen LogP contribution in [-0.2, 0) is 0 Å². The fraction of sp³-hybridized carbons (Fsp3) is 0.750. The third-order valence-corrected chi connectivity index (χ3v) is 4.07. The Morgan fingerprint density at radius 2 is 1.85 bits per heavy atom. The van der Waals surface area contributed by atoms with E-state index in [0.29, 0.717) is 23.7 Å². The third kappa shape index (κ3) is 3.22. The Kier molecular flexibility index (Phi) is 4.84. The average molecular weight is 276 g/mol. The lowest BCUT2D eigenvalue weighted by Crippen LogP contribution is -2.38. The van der Waals surface area contributed by atoms with Crippen LogP contribution in [0.1, 0.15) is 64.9 Å². The van der Waals surface area contributed by atoms with Gasteiger partial charge < -0.3 is 10.6 Å². The minimum absolute atomic E-state index is 0.349. The van der Waals surface area contributed by atoms with Crippen molar-refractivity contribution in [1.82, 2.24) is 9.97 Å². The minimum atomic E-state index is 0.349. The number of nitrogens with zero attached hydrogens (tertiary/aromatic N) is 3. The molecular formula is C16H28N4. The summed E-state index contributed by atoms with van der Waals surface area (Å²) < 4.78 is 0. The van der Waals surface area contributed by atoms with Gasteiger partial charge >= 0.3 is 0 Å². The summed E-state index contributed by atoms with van der Waals surface area (Å²) in [6.45, 7) is 9.91. The highest BCUT2D eigenvalue weighted by atomic mass is 15.2. The van der Waals surface area contributed by atoms with E-state index in [0.717, 1.165) is 17.9 Å². The SMILES string of the molecule is CC(C)CN(c1ncnc(N)c1C(C)C)C1CCCC1. The summed E-state index contributed by atoms with van der Waals surface area (Å²) in [4.78, 5) is 11.3. The first-order chi connectivity index (χ1) is 9.50. The summed E-state index contributed by atoms with van der Waals surface area (Å²) in [7, 11) is 0. The molecule has 20 heavy (non-hydrogen) atoms. The van der Waals surface area contributed by atoms with Crippen LogP contribution in [0, 0.1) is 5.92 Å². The molecule has 0 radical (unpaired) electrons. The quantitative estimate of drug-likeness (QED) is 0.893. The van der Waals surface area contributed by atoms with Crippen LogP contribution in [0.15, 0.2) is 6.33 Å². The Morgan fingerprint density at radius 1 is 1.20 bits per heavy atom. The lowest BCUT2D eigenvalue weighted by atomic mass is 10.0. The molecule has 1 aromatic rings. The van der Waals surface area contributed by atoms with Crippen LogP contribution in [0.3, 0.4) is 0 Å². The minimum Gasteiger partial charge on any atom is -0.383 e. The summed E-state index contributed by atoms with van der Waals surface area (Å²) in [5.41, 5.74) is 7.22. The van der Waals surface area contributed by atoms with Crippen LogP contribution in [-0.4, -0.2) is 22.6 Å². The maximum absolute atomic E-state index is 6.11. The third-order valence-electron chi connectivity index (χ3n) is 4.07. The predicted molar refractivity (Wildman–Crippen MR) is 85.0 cm³/mol. The Labute approximate surface area is 122 Å². The van der Waals surface area contributed by atoms with Crippen LogP contribution >= 0.6 is 0 Å². The highest BCUT2D eigenvalue weighted by molar-refractivity contribution is 5.58. The number of anilines is 2. The van der Waals surface area contributed by atoms with Crippen LogP contribution < -0.4 is 10.6 Å². The van der Waals surface area contributed by atoms with Crippen molar-refractivity contribution in [3.05, 3.63) is 11.9 Å². The van der Waals surface area contributed by atoms with Crippen LogP contribution in [0.25, 0.3) is 0 Å². The normalized spacial score (nSPS) is 16.3. The molecule has 2 rings (SSSR count). The fourth-order valence-electron chi connectivity index (χ4n) is 3.20. The second kappa shape index (κ2) is 6.42. The molecule has 4 heteroatoms. The van der Waals surface area contributed by atoms with Gasteiger partial charge in [-0.05, 0) is 24.7 Å². The summed E-state index contributed by atoms with van der Waals surface area (Å²) in [5, 5.41) is 0. The zero-order valence-corrected chi connectivity index (χ0v) is 13.3. The molecule has 0 saturated heterocycles. The fourth-order valence-corrected chi connectivity index (χ4v) is 3.20. The summed E-state index contributed by atoms with van der Waals surface area (Å²) >= 11 is 0. The van der Waals surface area contributed by atoms with E-state index >= 15 is 0 Å². The van der Waals surface area contributed by atoms with E-state index in [1.54, 1.807) is 6.33 Å². The number of aromatic nitrogens is 2. The number of hydrogen-bond donors (Lipinski definition) is 1. The van der Waals surface area contributed by atoms with E-state index in [4.69, 9.17) is 5.73 Å². The predicted octanol–water partition coefficient (Wildman–Crippen LogP) is 3.59. The molecule has 1 aromatic heterocycles. The van der Waals surface area contributed by atoms with Crippen molar-refractivity contribution in [2.24, 2.45) is 5.92 Å². The Balaban J connectivity index is 2.39. The number of rotatable bonds is 5. The van der Waals surface area contributed by atoms with E-state index in [1.165, 1.54) is 25.7 Å². The van der Waals surface area contributed by atoms with Gasteiger partial charge in [0.25, 0.3) is 0 Å². The molecule has 0 amide bonds. The lowest BCUT2D eigenvalue weighted by molar-refractivity contribution is 0.528. The standard InChI is InChI=1S/C16H28N4/c1-11(2)9-20(13-7-5-6-8-13)16-14(12(3)4)15(17)18-10-19-16/h10-13H,5-9H2,1-4H3,(H2,17,18,19). The summed E-state index contributed by atoms with van der Waals surface area (Å²) in [6, 6.07) is 0.615. The molecule has 1 heterocycles. The molecular weight excluding hydrogens is 248 g/mol. The smallest absolute Gasteiger partial charge is 0.137 e. The molecule has 112 valence electrons. The van der Waals surface area contributed by atoms with E-state index < -0.39 is 0 Å². The van der Waals surface area contributed by atoms with Crippen molar-refractivity contribution < 1.29 is 0 Å². The maximum Gasteiger partial charge on any atom is 0.137 e. The van der Waals surface area contributed by atoms with Gasteiger partial charge in [0.1, 0.15) is 18.0 Å². The molecule has 0 bridgehead atoms. The molecule has 0 spiro atoms. The first-order valence-corrected chi connectivity index (χ1v) is 7.87. The molecule has 1 saturated carbocycles. The molecule has 4 nitrogen and oxygen atoms in total. The lowest BCUT2D eigenvalue weighted by Gasteiger charge is -2.34. The zero-order chi connectivity index (χ0) is 14.7. The molecule has 1 aliphatic carbocycles. The van der Waals surface area contributed by atoms with Gasteiger partial charge in [-0.1, -0.05) is 40.5 Å². The molecule has 0 unspecified atom stereocenters. The molecule has 0 aliphatic heterocycles. The van der Waals surface area contributed by atoms with Gasteiger partial charge in [0, 0.05) is 18.2 Å². The Bertz CT molecular complexity index is 436. The number of nitrogen functional groups attached to an aromatic ring is 1. The average Bonchev–Trinajstić information content (AvgIpc) is 2.88. The molecule has 1 fully saturated rings. The van der Waals surface area contributed by atoms with E-state index in [-0.39, 0.29) is 0 Å². The molecule has 1 aliphatic rings. The number of hydrogen-bond acceptors (Lipinski definition) is 4.